The van der Waals surface area contributed by atoms with E-state index < -0.39 is 0 Å². The van der Waals surface area contributed by atoms with Crippen LogP contribution in [0.4, 0.5) is 0 Å². The van der Waals surface area contributed by atoms with E-state index in [1.54, 1.807) is 33.2 Å². The van der Waals surface area contributed by atoms with E-state index in [1.807, 2.05) is 0 Å². The van der Waals surface area contributed by atoms with Gasteiger partial charge < -0.3 is 4.90 Å². The van der Waals surface area contributed by atoms with Crippen LogP contribution in [0.3, 0.4) is 0 Å². The van der Waals surface area contributed by atoms with Crippen LogP contribution in [0.15, 0.2) is 22.9 Å². The van der Waals surface area contributed by atoms with Crippen LogP contribution in [0.5, 0.6) is 0 Å². The quantitative estimate of drug-likeness (QED) is 0.762. The molecular formula is C12H11ClN2O2. The lowest BCUT2D eigenvalue weighted by Gasteiger charge is -2.22. The van der Waals surface area contributed by atoms with Gasteiger partial charge in [-0.2, -0.15) is 0 Å². The van der Waals surface area contributed by atoms with Gasteiger partial charge >= 0.3 is 0 Å². The van der Waals surface area contributed by atoms with Crippen LogP contribution in [0.1, 0.15) is 26.5 Å². The number of carbonyl (C=O) groups is 2. The van der Waals surface area contributed by atoms with Crippen molar-refractivity contribution in [3.8, 4) is 0 Å². The number of hydrogen-bond acceptors (Lipinski definition) is 4. The van der Waals surface area contributed by atoms with Crippen LogP contribution in [-0.4, -0.2) is 35.5 Å². The molecule has 0 atom stereocenters. The van der Waals surface area contributed by atoms with Gasteiger partial charge in [0.1, 0.15) is 16.4 Å². The molecule has 4 nitrogen and oxygen atoms in total. The van der Waals surface area contributed by atoms with Crippen LogP contribution >= 0.6 is 11.6 Å². The molecule has 0 amide bonds. The maximum atomic E-state index is 12.2. The number of carbonyl (C=O) groups excluding carboxylic acids is 2. The average Bonchev–Trinajstić information content (AvgIpc) is 2.26. The molecule has 17 heavy (non-hydrogen) atoms. The maximum absolute atomic E-state index is 12.2. The van der Waals surface area contributed by atoms with E-state index in [2.05, 4.69) is 4.98 Å². The molecule has 0 radical (unpaired) electrons. The molecule has 0 saturated carbocycles. The van der Waals surface area contributed by atoms with E-state index in [0.29, 0.717) is 5.69 Å². The van der Waals surface area contributed by atoms with Crippen molar-refractivity contribution in [3.05, 3.63) is 39.8 Å². The predicted molar refractivity (Wildman–Crippen MR) is 64.2 cm³/mol. The Bertz CT molecular complexity index is 562. The fourth-order valence-electron chi connectivity index (χ4n) is 1.75. The first-order valence-electron chi connectivity index (χ1n) is 5.07. The van der Waals surface area contributed by atoms with Crippen LogP contribution in [0.25, 0.3) is 0 Å². The van der Waals surface area contributed by atoms with Gasteiger partial charge in [-0.3, -0.25) is 9.59 Å². The smallest absolute Gasteiger partial charge is 0.229 e. The number of ketones is 2. The van der Waals surface area contributed by atoms with Gasteiger partial charge in [-0.15, -0.1) is 0 Å². The zero-order valence-corrected chi connectivity index (χ0v) is 10.5. The summed E-state index contributed by atoms with van der Waals surface area (Å²) in [6, 6.07) is 3.28. The minimum absolute atomic E-state index is 0.0434. The fraction of sp³-hybridized carbons (Fsp3) is 0.250. The molecule has 0 N–H and O–H groups in total. The summed E-state index contributed by atoms with van der Waals surface area (Å²) in [7, 11) is 3.34. The number of aromatic nitrogens is 1. The number of pyridine rings is 1. The molecule has 1 aliphatic rings. The SMILES string of the molecule is Cc1ccc2c(n1)C(=O)C(N(C)C)=C(Cl)C2=O. The number of nitrogens with zero attached hydrogens (tertiary/aromatic N) is 2. The summed E-state index contributed by atoms with van der Waals surface area (Å²) in [4.78, 5) is 29.8. The second-order valence-electron chi connectivity index (χ2n) is 4.06. The highest BCUT2D eigenvalue weighted by Crippen LogP contribution is 2.28. The van der Waals surface area contributed by atoms with E-state index in [0.717, 1.165) is 0 Å². The molecule has 1 aromatic heterocycles. The van der Waals surface area contributed by atoms with Gasteiger partial charge in [0.15, 0.2) is 0 Å². The largest absolute Gasteiger partial charge is 0.373 e. The average molecular weight is 251 g/mol. The Morgan fingerprint density at radius 3 is 2.41 bits per heavy atom. The van der Waals surface area contributed by atoms with Crippen LogP contribution in [0, 0.1) is 6.92 Å². The van der Waals surface area contributed by atoms with E-state index in [-0.39, 0.29) is 33.6 Å². The number of halogens is 1. The normalized spacial score (nSPS) is 15.1. The van der Waals surface area contributed by atoms with Gasteiger partial charge in [0.05, 0.1) is 5.56 Å². The third-order valence-corrected chi connectivity index (χ3v) is 2.91. The molecule has 0 unspecified atom stereocenters. The number of allylic oxidation sites excluding steroid dienone is 2. The van der Waals surface area contributed by atoms with Gasteiger partial charge in [0.2, 0.25) is 11.6 Å². The second kappa shape index (κ2) is 3.96. The number of Topliss-reactive ketones (excluding diaryl/α,β-unsaturated/α-hetero) is 2. The Hall–Kier alpha value is -1.68. The van der Waals surface area contributed by atoms with Crippen molar-refractivity contribution in [1.82, 2.24) is 9.88 Å². The molecule has 5 heteroatoms. The second-order valence-corrected chi connectivity index (χ2v) is 4.44. The van der Waals surface area contributed by atoms with Crippen molar-refractivity contribution in [2.75, 3.05) is 14.1 Å². The summed E-state index contributed by atoms with van der Waals surface area (Å²) in [6.07, 6.45) is 0. The van der Waals surface area contributed by atoms with E-state index in [9.17, 15) is 9.59 Å². The standard InChI is InChI=1S/C12H11ClN2O2/c1-6-4-5-7-9(14-6)12(17)10(15(2)3)8(13)11(7)16/h4-5H,1-3H3. The highest BCUT2D eigenvalue weighted by Gasteiger charge is 2.33. The van der Waals surface area contributed by atoms with Crippen molar-refractivity contribution in [1.29, 1.82) is 0 Å². The summed E-state index contributed by atoms with van der Waals surface area (Å²) < 4.78 is 0. The fourth-order valence-corrected chi connectivity index (χ4v) is 2.11. The number of rotatable bonds is 1. The van der Waals surface area contributed by atoms with E-state index >= 15 is 0 Å². The van der Waals surface area contributed by atoms with Gasteiger partial charge in [-0.1, -0.05) is 11.6 Å². The van der Waals surface area contributed by atoms with E-state index in [4.69, 9.17) is 11.6 Å². The molecule has 2 rings (SSSR count). The van der Waals surface area contributed by atoms with Crippen LogP contribution < -0.4 is 0 Å². The molecule has 1 aliphatic carbocycles. The summed E-state index contributed by atoms with van der Waals surface area (Å²) in [5.41, 5.74) is 1.35. The third kappa shape index (κ3) is 1.74. The van der Waals surface area contributed by atoms with Crippen molar-refractivity contribution in [2.45, 2.75) is 6.92 Å². The Morgan fingerprint density at radius 2 is 1.82 bits per heavy atom. The van der Waals surface area contributed by atoms with Crippen LogP contribution in [0.2, 0.25) is 0 Å². The van der Waals surface area contributed by atoms with Gasteiger partial charge in [-0.05, 0) is 19.1 Å². The van der Waals surface area contributed by atoms with Crippen molar-refractivity contribution >= 4 is 23.2 Å². The Labute approximate surface area is 104 Å². The minimum Gasteiger partial charge on any atom is -0.373 e. The summed E-state index contributed by atoms with van der Waals surface area (Å²) >= 11 is 5.93. The Kier molecular flexibility index (Phi) is 2.75. The molecule has 1 aromatic rings. The first-order valence-corrected chi connectivity index (χ1v) is 5.45. The summed E-state index contributed by atoms with van der Waals surface area (Å²) in [5, 5.41) is -0.0434. The first kappa shape index (κ1) is 11.8. The lowest BCUT2D eigenvalue weighted by Crippen LogP contribution is -2.29. The van der Waals surface area contributed by atoms with Crippen LogP contribution in [-0.2, 0) is 0 Å². The highest BCUT2D eigenvalue weighted by molar-refractivity contribution is 6.49. The monoisotopic (exact) mass is 250 g/mol. The number of hydrogen-bond donors (Lipinski definition) is 0. The third-order valence-electron chi connectivity index (χ3n) is 2.56. The summed E-state index contributed by atoms with van der Waals surface area (Å²) in [5.74, 6) is -0.657. The number of aryl methyl sites for hydroxylation is 1. The molecule has 0 saturated heterocycles. The molecule has 1 heterocycles. The molecule has 0 aromatic carbocycles. The minimum atomic E-state index is -0.350. The van der Waals surface area contributed by atoms with Crippen molar-refractivity contribution in [2.24, 2.45) is 0 Å². The summed E-state index contributed by atoms with van der Waals surface area (Å²) in [6.45, 7) is 1.77. The first-order chi connectivity index (χ1) is 7.93. The van der Waals surface area contributed by atoms with E-state index in [1.165, 1.54) is 4.90 Å². The number of likely N-dealkylation sites (N-methyl/N-ethyl adjacent to an activating group) is 1. The number of fused-ring (bicyclic) bond motifs is 1. The Morgan fingerprint density at radius 1 is 1.18 bits per heavy atom. The zero-order valence-electron chi connectivity index (χ0n) is 9.74. The van der Waals surface area contributed by atoms with Crippen molar-refractivity contribution < 1.29 is 9.59 Å². The van der Waals surface area contributed by atoms with Gasteiger partial charge in [-0.25, -0.2) is 4.98 Å². The molecule has 88 valence electrons. The molecular weight excluding hydrogens is 240 g/mol. The molecule has 0 fully saturated rings. The lowest BCUT2D eigenvalue weighted by molar-refractivity contribution is 0.0954. The molecule has 0 spiro atoms. The molecule has 0 aliphatic heterocycles. The predicted octanol–water partition coefficient (Wildman–Crippen LogP) is 1.78. The lowest BCUT2D eigenvalue weighted by atomic mass is 9.96. The topological polar surface area (TPSA) is 50.3 Å². The van der Waals surface area contributed by atoms with Gasteiger partial charge in [0.25, 0.3) is 0 Å². The Balaban J connectivity index is 2.69. The molecule has 0 bridgehead atoms. The zero-order chi connectivity index (χ0) is 12.7. The maximum Gasteiger partial charge on any atom is 0.229 e. The van der Waals surface area contributed by atoms with Crippen molar-refractivity contribution in [3.63, 3.8) is 0 Å². The van der Waals surface area contributed by atoms with Gasteiger partial charge in [0, 0.05) is 19.8 Å². The highest BCUT2D eigenvalue weighted by atomic mass is 35.5.